The van der Waals surface area contributed by atoms with E-state index in [2.05, 4.69) is 27.9 Å². The quantitative estimate of drug-likeness (QED) is 0.569. The van der Waals surface area contributed by atoms with Gasteiger partial charge in [-0.15, -0.1) is 0 Å². The third kappa shape index (κ3) is 4.94. The van der Waals surface area contributed by atoms with Crippen LogP contribution in [0.4, 0.5) is 0 Å². The van der Waals surface area contributed by atoms with E-state index >= 15 is 0 Å². The van der Waals surface area contributed by atoms with Gasteiger partial charge >= 0.3 is 5.97 Å². The van der Waals surface area contributed by atoms with Crippen molar-refractivity contribution in [2.45, 2.75) is 12.5 Å². The number of benzene rings is 2. The molecule has 2 rings (SSSR count). The summed E-state index contributed by atoms with van der Waals surface area (Å²) in [6.07, 6.45) is 0.347. The first kappa shape index (κ1) is 17.7. The largest absolute Gasteiger partial charge is 0.467 e. The number of carbonyl (C=O) groups excluding carboxylic acids is 2. The van der Waals surface area contributed by atoms with Crippen LogP contribution in [0.3, 0.4) is 0 Å². The average molecular weight is 444 g/mol. The molecule has 23 heavy (non-hydrogen) atoms. The number of hydrogen-bond donors (Lipinski definition) is 1. The molecule has 0 aliphatic rings. The van der Waals surface area contributed by atoms with Crippen molar-refractivity contribution in [1.29, 1.82) is 0 Å². The summed E-state index contributed by atoms with van der Waals surface area (Å²) in [7, 11) is 1.30. The Hall–Kier alpha value is -1.60. The van der Waals surface area contributed by atoms with Crippen LogP contribution in [0.1, 0.15) is 15.9 Å². The number of methoxy groups -OCH3 is 1. The Labute approximate surface area is 153 Å². The Morgan fingerprint density at radius 2 is 1.96 bits per heavy atom. The molecule has 4 nitrogen and oxygen atoms in total. The van der Waals surface area contributed by atoms with Crippen molar-refractivity contribution in [2.75, 3.05) is 7.11 Å². The van der Waals surface area contributed by atoms with Crippen molar-refractivity contribution in [3.63, 3.8) is 0 Å². The van der Waals surface area contributed by atoms with Gasteiger partial charge in [-0.2, -0.15) is 0 Å². The molecule has 0 saturated carbocycles. The molecule has 0 fully saturated rings. The van der Waals surface area contributed by atoms with E-state index in [4.69, 9.17) is 16.3 Å². The van der Waals surface area contributed by atoms with E-state index in [-0.39, 0.29) is 0 Å². The lowest BCUT2D eigenvalue weighted by molar-refractivity contribution is -0.142. The summed E-state index contributed by atoms with van der Waals surface area (Å²) in [5.74, 6) is -0.902. The number of hydrogen-bond acceptors (Lipinski definition) is 3. The lowest BCUT2D eigenvalue weighted by atomic mass is 10.1. The van der Waals surface area contributed by atoms with Crippen LogP contribution in [0.2, 0.25) is 5.02 Å². The number of esters is 1. The Balaban J connectivity index is 2.17. The Bertz CT molecular complexity index is 720. The highest BCUT2D eigenvalue weighted by atomic mass is 127. The van der Waals surface area contributed by atoms with Gasteiger partial charge in [0.1, 0.15) is 6.04 Å². The van der Waals surface area contributed by atoms with E-state index in [1.54, 1.807) is 24.3 Å². The lowest BCUT2D eigenvalue weighted by Crippen LogP contribution is -2.43. The van der Waals surface area contributed by atoms with Gasteiger partial charge in [-0.05, 0) is 52.4 Å². The number of nitrogens with one attached hydrogen (secondary N) is 1. The second kappa shape index (κ2) is 8.31. The summed E-state index contributed by atoms with van der Waals surface area (Å²) in [6, 6.07) is 13.6. The molecule has 2 aromatic carbocycles. The molecule has 0 heterocycles. The molecule has 1 N–H and O–H groups in total. The Kier molecular flexibility index (Phi) is 6.41. The van der Waals surface area contributed by atoms with Gasteiger partial charge < -0.3 is 10.1 Å². The minimum absolute atomic E-state index is 0.325. The number of ether oxygens (including phenoxy) is 1. The van der Waals surface area contributed by atoms with Crippen molar-refractivity contribution in [3.05, 3.63) is 68.3 Å². The number of rotatable bonds is 5. The highest BCUT2D eigenvalue weighted by Gasteiger charge is 2.23. The molecule has 1 atom stereocenters. The zero-order chi connectivity index (χ0) is 16.8. The first-order valence-corrected chi connectivity index (χ1v) is 8.34. The van der Waals surface area contributed by atoms with Crippen molar-refractivity contribution in [3.8, 4) is 0 Å². The summed E-state index contributed by atoms with van der Waals surface area (Å²) >= 11 is 8.22. The van der Waals surface area contributed by atoms with Crippen LogP contribution in [0.5, 0.6) is 0 Å². The fourth-order valence-electron chi connectivity index (χ4n) is 2.12. The average Bonchev–Trinajstić information content (AvgIpc) is 2.54. The van der Waals surface area contributed by atoms with Crippen molar-refractivity contribution in [1.82, 2.24) is 5.32 Å². The van der Waals surface area contributed by atoms with Crippen LogP contribution in [0.25, 0.3) is 0 Å². The topological polar surface area (TPSA) is 55.4 Å². The molecule has 0 radical (unpaired) electrons. The minimum Gasteiger partial charge on any atom is -0.467 e. The Morgan fingerprint density at radius 3 is 2.61 bits per heavy atom. The number of carbonyl (C=O) groups is 2. The molecular formula is C17H15ClINO3. The van der Waals surface area contributed by atoms with Gasteiger partial charge in [0, 0.05) is 9.99 Å². The van der Waals surface area contributed by atoms with Gasteiger partial charge in [-0.1, -0.05) is 35.9 Å². The van der Waals surface area contributed by atoms with E-state index in [0.29, 0.717) is 17.0 Å². The predicted octanol–water partition coefficient (Wildman–Crippen LogP) is 3.46. The van der Waals surface area contributed by atoms with Gasteiger partial charge in [0.25, 0.3) is 5.91 Å². The second-order valence-electron chi connectivity index (χ2n) is 4.86. The maximum Gasteiger partial charge on any atom is 0.328 e. The molecule has 0 aromatic heterocycles. The second-order valence-corrected chi connectivity index (χ2v) is 6.52. The number of amides is 1. The van der Waals surface area contributed by atoms with Gasteiger partial charge in [-0.25, -0.2) is 4.79 Å². The summed E-state index contributed by atoms with van der Waals surface area (Å²) in [4.78, 5) is 24.3. The SMILES string of the molecule is COC(=O)[C@@H](Cc1cccc(I)c1)NC(=O)c1ccccc1Cl. The van der Waals surface area contributed by atoms with Gasteiger partial charge in [0.15, 0.2) is 0 Å². The first-order valence-electron chi connectivity index (χ1n) is 6.89. The van der Waals surface area contributed by atoms with Crippen LogP contribution in [0, 0.1) is 3.57 Å². The maximum atomic E-state index is 12.3. The van der Waals surface area contributed by atoms with Crippen LogP contribution >= 0.6 is 34.2 Å². The normalized spacial score (nSPS) is 11.6. The summed E-state index contributed by atoms with van der Waals surface area (Å²) in [6.45, 7) is 0. The summed E-state index contributed by atoms with van der Waals surface area (Å²) < 4.78 is 5.85. The summed E-state index contributed by atoms with van der Waals surface area (Å²) in [5.41, 5.74) is 1.26. The zero-order valence-electron chi connectivity index (χ0n) is 12.4. The van der Waals surface area contributed by atoms with Gasteiger partial charge in [-0.3, -0.25) is 4.79 Å². The fraction of sp³-hybridized carbons (Fsp3) is 0.176. The Morgan fingerprint density at radius 1 is 1.22 bits per heavy atom. The maximum absolute atomic E-state index is 12.3. The van der Waals surface area contributed by atoms with Gasteiger partial charge in [0.05, 0.1) is 17.7 Å². The van der Waals surface area contributed by atoms with E-state index in [1.807, 2.05) is 24.3 Å². The van der Waals surface area contributed by atoms with Crippen LogP contribution < -0.4 is 5.32 Å². The highest BCUT2D eigenvalue weighted by molar-refractivity contribution is 14.1. The molecule has 0 unspecified atom stereocenters. The van der Waals surface area contributed by atoms with E-state index < -0.39 is 17.9 Å². The molecular weight excluding hydrogens is 429 g/mol. The number of halogens is 2. The molecule has 0 bridgehead atoms. The zero-order valence-corrected chi connectivity index (χ0v) is 15.3. The molecule has 120 valence electrons. The molecule has 2 aromatic rings. The van der Waals surface area contributed by atoms with E-state index in [0.717, 1.165) is 9.13 Å². The van der Waals surface area contributed by atoms with Crippen LogP contribution in [-0.2, 0) is 16.0 Å². The molecule has 0 aliphatic heterocycles. The molecule has 0 aliphatic carbocycles. The lowest BCUT2D eigenvalue weighted by Gasteiger charge is -2.17. The van der Waals surface area contributed by atoms with Crippen LogP contribution in [-0.4, -0.2) is 25.0 Å². The molecule has 0 spiro atoms. The van der Waals surface area contributed by atoms with E-state index in [1.165, 1.54) is 7.11 Å². The molecule has 1 amide bonds. The van der Waals surface area contributed by atoms with Crippen molar-refractivity contribution in [2.24, 2.45) is 0 Å². The van der Waals surface area contributed by atoms with Gasteiger partial charge in [0.2, 0.25) is 0 Å². The predicted molar refractivity (Wildman–Crippen MR) is 97.6 cm³/mol. The minimum atomic E-state index is -0.776. The van der Waals surface area contributed by atoms with Crippen LogP contribution in [0.15, 0.2) is 48.5 Å². The van der Waals surface area contributed by atoms with Crippen molar-refractivity contribution >= 4 is 46.1 Å². The third-order valence-electron chi connectivity index (χ3n) is 3.24. The standard InChI is InChI=1S/C17H15ClINO3/c1-23-17(22)15(10-11-5-4-6-12(19)9-11)20-16(21)13-7-2-3-8-14(13)18/h2-9,15H,10H2,1H3,(H,20,21)/t15-/m1/s1. The molecule has 0 saturated heterocycles. The third-order valence-corrected chi connectivity index (χ3v) is 4.24. The molecule has 6 heteroatoms. The fourth-order valence-corrected chi connectivity index (χ4v) is 2.95. The monoisotopic (exact) mass is 443 g/mol. The highest BCUT2D eigenvalue weighted by Crippen LogP contribution is 2.16. The first-order chi connectivity index (χ1) is 11.0. The van der Waals surface area contributed by atoms with E-state index in [9.17, 15) is 9.59 Å². The summed E-state index contributed by atoms with van der Waals surface area (Å²) in [5, 5.41) is 3.03. The smallest absolute Gasteiger partial charge is 0.328 e. The van der Waals surface area contributed by atoms with Crippen molar-refractivity contribution < 1.29 is 14.3 Å².